The second-order valence-electron chi connectivity index (χ2n) is 4.89. The minimum atomic E-state index is -3.67. The fourth-order valence-corrected chi connectivity index (χ4v) is 2.96. The molecule has 0 atom stereocenters. The summed E-state index contributed by atoms with van der Waals surface area (Å²) < 4.78 is 25.8. The quantitative estimate of drug-likeness (QED) is 0.744. The fraction of sp³-hybridized carbons (Fsp3) is 0.0625. The highest BCUT2D eigenvalue weighted by atomic mass is 32.2. The summed E-state index contributed by atoms with van der Waals surface area (Å²) in [6.07, 6.45) is 2.37. The molecule has 0 fully saturated rings. The van der Waals surface area contributed by atoms with Gasteiger partial charge in [-0.15, -0.1) is 0 Å². The Balaban J connectivity index is 2.37. The molecule has 1 heterocycles. The lowest BCUT2D eigenvalue weighted by Crippen LogP contribution is -2.27. The van der Waals surface area contributed by atoms with Crippen molar-refractivity contribution in [3.63, 3.8) is 0 Å². The Morgan fingerprint density at radius 3 is 1.95 bits per heavy atom. The van der Waals surface area contributed by atoms with Gasteiger partial charge in [0.2, 0.25) is 10.0 Å². The fourth-order valence-electron chi connectivity index (χ4n) is 2.30. The molecule has 0 amide bonds. The summed E-state index contributed by atoms with van der Waals surface area (Å²) in [4.78, 5) is 12.6. The van der Waals surface area contributed by atoms with Crippen LogP contribution in [0.1, 0.15) is 0 Å². The molecule has 0 saturated heterocycles. The van der Waals surface area contributed by atoms with Gasteiger partial charge in [-0.1, -0.05) is 48.5 Å². The summed E-state index contributed by atoms with van der Waals surface area (Å²) in [7, 11) is -3.67. The van der Waals surface area contributed by atoms with Gasteiger partial charge < -0.3 is 0 Å². The average Bonchev–Trinajstić information content (AvgIpc) is 2.86. The molecule has 0 unspecified atom stereocenters. The van der Waals surface area contributed by atoms with E-state index in [1.807, 2.05) is 36.4 Å². The van der Waals surface area contributed by atoms with Crippen LogP contribution in [0.2, 0.25) is 0 Å². The molecule has 2 aromatic carbocycles. The van der Waals surface area contributed by atoms with Gasteiger partial charge in [0.15, 0.2) is 0 Å². The van der Waals surface area contributed by atoms with Crippen LogP contribution in [-0.4, -0.2) is 23.2 Å². The van der Waals surface area contributed by atoms with E-state index in [1.54, 1.807) is 24.3 Å². The monoisotopic (exact) mass is 314 g/mol. The van der Waals surface area contributed by atoms with Crippen LogP contribution in [0.5, 0.6) is 0 Å². The van der Waals surface area contributed by atoms with Gasteiger partial charge in [-0.25, -0.2) is 13.2 Å². The molecular weight excluding hydrogens is 300 g/mol. The first-order valence-corrected chi connectivity index (χ1v) is 8.49. The van der Waals surface area contributed by atoms with Crippen molar-refractivity contribution in [1.29, 1.82) is 0 Å². The number of hydrogen-bond donors (Lipinski definition) is 0. The van der Waals surface area contributed by atoms with E-state index < -0.39 is 15.7 Å². The second-order valence-corrected chi connectivity index (χ2v) is 6.75. The molecule has 0 aliphatic rings. The van der Waals surface area contributed by atoms with Crippen LogP contribution in [0.3, 0.4) is 0 Å². The van der Waals surface area contributed by atoms with Crippen molar-refractivity contribution in [1.82, 2.24) is 8.54 Å². The van der Waals surface area contributed by atoms with E-state index in [4.69, 9.17) is 0 Å². The summed E-state index contributed by atoms with van der Waals surface area (Å²) in [6.45, 7) is 0. The van der Waals surface area contributed by atoms with Crippen molar-refractivity contribution in [3.05, 3.63) is 77.3 Å². The Labute approximate surface area is 128 Å². The molecule has 0 spiro atoms. The molecule has 1 aromatic heterocycles. The van der Waals surface area contributed by atoms with Crippen molar-refractivity contribution in [2.45, 2.75) is 0 Å². The van der Waals surface area contributed by atoms with Gasteiger partial charge in [0.1, 0.15) is 0 Å². The van der Waals surface area contributed by atoms with E-state index in [0.717, 1.165) is 15.8 Å². The predicted molar refractivity (Wildman–Crippen MR) is 85.7 cm³/mol. The van der Waals surface area contributed by atoms with Gasteiger partial charge in [-0.05, 0) is 12.1 Å². The highest BCUT2D eigenvalue weighted by molar-refractivity contribution is 7.89. The third-order valence-corrected chi connectivity index (χ3v) is 4.28. The van der Waals surface area contributed by atoms with Gasteiger partial charge >= 0.3 is 5.69 Å². The lowest BCUT2D eigenvalue weighted by atomic mass is 10.1. The SMILES string of the molecule is CS(=O)(=O)n1cc(-c2ccccc2)n(-c2ccccc2)c1=O. The zero-order chi connectivity index (χ0) is 15.7. The molecule has 0 radical (unpaired) electrons. The zero-order valence-electron chi connectivity index (χ0n) is 11.9. The lowest BCUT2D eigenvalue weighted by Gasteiger charge is -2.06. The van der Waals surface area contributed by atoms with Gasteiger partial charge in [0, 0.05) is 5.56 Å². The van der Waals surface area contributed by atoms with Gasteiger partial charge in [-0.2, -0.15) is 3.97 Å². The predicted octanol–water partition coefficient (Wildman–Crippen LogP) is 2.11. The Bertz CT molecular complexity index is 956. The maximum absolute atomic E-state index is 12.6. The highest BCUT2D eigenvalue weighted by Crippen LogP contribution is 2.21. The highest BCUT2D eigenvalue weighted by Gasteiger charge is 2.19. The van der Waals surface area contributed by atoms with Crippen LogP contribution in [0, 0.1) is 0 Å². The smallest absolute Gasteiger partial charge is 0.260 e. The average molecular weight is 314 g/mol. The van der Waals surface area contributed by atoms with E-state index in [-0.39, 0.29) is 0 Å². The van der Waals surface area contributed by atoms with E-state index in [2.05, 4.69) is 0 Å². The molecule has 0 bridgehead atoms. The summed E-state index contributed by atoms with van der Waals surface area (Å²) >= 11 is 0. The van der Waals surface area contributed by atoms with Crippen molar-refractivity contribution in [2.24, 2.45) is 0 Å². The number of para-hydroxylation sites is 1. The normalized spacial score (nSPS) is 11.5. The summed E-state index contributed by atoms with van der Waals surface area (Å²) in [5.41, 5.74) is 1.31. The zero-order valence-corrected chi connectivity index (χ0v) is 12.7. The number of nitrogens with zero attached hydrogens (tertiary/aromatic N) is 2. The standard InChI is InChI=1S/C16H14N2O3S/c1-22(20,21)17-12-15(13-8-4-2-5-9-13)18(16(17)19)14-10-6-3-7-11-14/h2-12H,1H3. The van der Waals surface area contributed by atoms with E-state index >= 15 is 0 Å². The van der Waals surface area contributed by atoms with Crippen LogP contribution in [-0.2, 0) is 10.0 Å². The molecule has 0 aliphatic heterocycles. The first-order chi connectivity index (χ1) is 10.5. The second kappa shape index (κ2) is 5.31. The minimum absolute atomic E-state index is 0.530. The topological polar surface area (TPSA) is 61.1 Å². The molecular formula is C16H14N2O3S. The largest absolute Gasteiger partial charge is 0.347 e. The number of benzene rings is 2. The van der Waals surface area contributed by atoms with E-state index in [1.165, 1.54) is 10.8 Å². The van der Waals surface area contributed by atoms with Gasteiger partial charge in [-0.3, -0.25) is 4.57 Å². The van der Waals surface area contributed by atoms with Gasteiger partial charge in [0.05, 0.1) is 23.8 Å². The lowest BCUT2D eigenvalue weighted by molar-refractivity contribution is 0.591. The third-order valence-electron chi connectivity index (χ3n) is 3.30. The molecule has 5 nitrogen and oxygen atoms in total. The Hall–Kier alpha value is -2.60. The number of aromatic nitrogens is 2. The van der Waals surface area contributed by atoms with Crippen LogP contribution in [0.25, 0.3) is 16.9 Å². The number of hydrogen-bond acceptors (Lipinski definition) is 3. The molecule has 6 heteroatoms. The van der Waals surface area contributed by atoms with Crippen LogP contribution >= 0.6 is 0 Å². The first-order valence-electron chi connectivity index (χ1n) is 6.64. The van der Waals surface area contributed by atoms with Gasteiger partial charge in [0.25, 0.3) is 0 Å². The summed E-state index contributed by atoms with van der Waals surface area (Å²) in [5, 5.41) is 0. The van der Waals surface area contributed by atoms with Crippen LogP contribution in [0.4, 0.5) is 0 Å². The first kappa shape index (κ1) is 14.3. The summed E-state index contributed by atoms with van der Waals surface area (Å²) in [5.74, 6) is 0. The molecule has 0 N–H and O–H groups in total. The Morgan fingerprint density at radius 1 is 0.864 bits per heavy atom. The molecule has 22 heavy (non-hydrogen) atoms. The number of imidazole rings is 1. The maximum atomic E-state index is 12.6. The van der Waals surface area contributed by atoms with Crippen molar-refractivity contribution in [3.8, 4) is 16.9 Å². The van der Waals surface area contributed by atoms with Crippen LogP contribution in [0.15, 0.2) is 71.7 Å². The van der Waals surface area contributed by atoms with Crippen molar-refractivity contribution < 1.29 is 8.42 Å². The number of rotatable bonds is 3. The van der Waals surface area contributed by atoms with E-state index in [9.17, 15) is 13.2 Å². The molecule has 0 aliphatic carbocycles. The molecule has 0 saturated carbocycles. The molecule has 3 aromatic rings. The molecule has 3 rings (SSSR count). The molecule has 112 valence electrons. The maximum Gasteiger partial charge on any atom is 0.347 e. The Morgan fingerprint density at radius 2 is 1.41 bits per heavy atom. The third kappa shape index (κ3) is 2.48. The summed E-state index contributed by atoms with van der Waals surface area (Å²) in [6, 6.07) is 18.2. The Kier molecular flexibility index (Phi) is 3.46. The van der Waals surface area contributed by atoms with E-state index in [0.29, 0.717) is 11.4 Å². The van der Waals surface area contributed by atoms with Crippen LogP contribution < -0.4 is 5.69 Å². The minimum Gasteiger partial charge on any atom is -0.260 e. The van der Waals surface area contributed by atoms with Crippen molar-refractivity contribution in [2.75, 3.05) is 6.26 Å². The van der Waals surface area contributed by atoms with Crippen molar-refractivity contribution >= 4 is 10.0 Å².